The van der Waals surface area contributed by atoms with Gasteiger partial charge in [0, 0.05) is 0 Å². The summed E-state index contributed by atoms with van der Waals surface area (Å²) in [6.07, 6.45) is 6.48. The van der Waals surface area contributed by atoms with Crippen LogP contribution in [0.2, 0.25) is 0 Å². The summed E-state index contributed by atoms with van der Waals surface area (Å²) in [6, 6.07) is 0. The van der Waals surface area contributed by atoms with Gasteiger partial charge in [0.1, 0.15) is 0 Å². The number of hydrogen-bond acceptors (Lipinski definition) is 2. The Morgan fingerprint density at radius 2 is 2.00 bits per heavy atom. The molecule has 0 amide bonds. The molecule has 0 aliphatic carbocycles. The summed E-state index contributed by atoms with van der Waals surface area (Å²) in [4.78, 5) is 10.7. The van der Waals surface area contributed by atoms with E-state index in [2.05, 4.69) is 6.92 Å². The van der Waals surface area contributed by atoms with E-state index in [0.717, 1.165) is 12.8 Å². The minimum absolute atomic E-state index is 0.413. The second-order valence-electron chi connectivity index (χ2n) is 3.75. The number of aliphatic carboxylic acids is 1. The number of carboxylic acids is 1. The smallest absolute Gasteiger partial charge is 0.338 e. The third-order valence-electron chi connectivity index (χ3n) is 2.57. The highest BCUT2D eigenvalue weighted by Crippen LogP contribution is 2.33. The van der Waals surface area contributed by atoms with Crippen molar-refractivity contribution in [1.82, 2.24) is 0 Å². The highest BCUT2D eigenvalue weighted by Gasteiger charge is 2.51. The molecule has 1 unspecified atom stereocenters. The molecule has 0 bridgehead atoms. The third-order valence-corrected chi connectivity index (χ3v) is 2.57. The molecule has 1 aliphatic rings. The van der Waals surface area contributed by atoms with Gasteiger partial charge in [0.2, 0.25) is 0 Å². The Kier molecular flexibility index (Phi) is 3.72. The number of epoxide rings is 1. The zero-order chi connectivity index (χ0) is 9.73. The fourth-order valence-corrected chi connectivity index (χ4v) is 1.48. The minimum Gasteiger partial charge on any atom is -0.479 e. The van der Waals surface area contributed by atoms with Crippen LogP contribution in [0.25, 0.3) is 0 Å². The molecule has 1 N–H and O–H groups in total. The standard InChI is InChI=1S/C10H18O3/c1-2-3-4-5-6-7-10(8-13-10)9(11)12/h2-8H2,1H3,(H,11,12). The van der Waals surface area contributed by atoms with Gasteiger partial charge in [-0.2, -0.15) is 0 Å². The Labute approximate surface area is 79.1 Å². The number of carbonyl (C=O) groups is 1. The lowest BCUT2D eigenvalue weighted by molar-refractivity contribution is -0.143. The minimum atomic E-state index is -0.789. The molecule has 13 heavy (non-hydrogen) atoms. The van der Waals surface area contributed by atoms with Crippen LogP contribution in [0.3, 0.4) is 0 Å². The van der Waals surface area contributed by atoms with Crippen molar-refractivity contribution < 1.29 is 14.6 Å². The average Bonchev–Trinajstić information content (AvgIpc) is 2.85. The topological polar surface area (TPSA) is 49.8 Å². The van der Waals surface area contributed by atoms with Gasteiger partial charge < -0.3 is 9.84 Å². The van der Waals surface area contributed by atoms with Crippen LogP contribution in [-0.2, 0) is 9.53 Å². The van der Waals surface area contributed by atoms with Crippen LogP contribution in [0.4, 0.5) is 0 Å². The van der Waals surface area contributed by atoms with Gasteiger partial charge in [-0.15, -0.1) is 0 Å². The van der Waals surface area contributed by atoms with Crippen molar-refractivity contribution in [3.05, 3.63) is 0 Å². The van der Waals surface area contributed by atoms with E-state index in [-0.39, 0.29) is 0 Å². The molecule has 1 heterocycles. The van der Waals surface area contributed by atoms with Gasteiger partial charge in [-0.05, 0) is 12.8 Å². The van der Waals surface area contributed by atoms with Gasteiger partial charge in [0.15, 0.2) is 5.60 Å². The molecule has 1 rings (SSSR count). The van der Waals surface area contributed by atoms with Gasteiger partial charge in [-0.25, -0.2) is 4.79 Å². The van der Waals surface area contributed by atoms with Crippen LogP contribution in [0.5, 0.6) is 0 Å². The van der Waals surface area contributed by atoms with Crippen molar-refractivity contribution >= 4 is 5.97 Å². The number of ether oxygens (including phenoxy) is 1. The summed E-state index contributed by atoms with van der Waals surface area (Å²) in [7, 11) is 0. The van der Waals surface area contributed by atoms with Crippen LogP contribution in [-0.4, -0.2) is 23.3 Å². The maximum absolute atomic E-state index is 10.7. The van der Waals surface area contributed by atoms with E-state index in [1.165, 1.54) is 19.3 Å². The van der Waals surface area contributed by atoms with Crippen LogP contribution in [0.15, 0.2) is 0 Å². The van der Waals surface area contributed by atoms with Crippen molar-refractivity contribution in [3.8, 4) is 0 Å². The van der Waals surface area contributed by atoms with E-state index in [9.17, 15) is 4.79 Å². The van der Waals surface area contributed by atoms with Gasteiger partial charge in [-0.3, -0.25) is 0 Å². The number of carboxylic acid groups (broad SMARTS) is 1. The Morgan fingerprint density at radius 1 is 1.38 bits per heavy atom. The zero-order valence-corrected chi connectivity index (χ0v) is 8.21. The van der Waals surface area contributed by atoms with E-state index in [0.29, 0.717) is 13.0 Å². The number of rotatable bonds is 7. The molecule has 0 aromatic carbocycles. The largest absolute Gasteiger partial charge is 0.479 e. The highest BCUT2D eigenvalue weighted by atomic mass is 16.6. The van der Waals surface area contributed by atoms with Gasteiger partial charge >= 0.3 is 5.97 Å². The van der Waals surface area contributed by atoms with Crippen LogP contribution in [0, 0.1) is 0 Å². The van der Waals surface area contributed by atoms with E-state index < -0.39 is 11.6 Å². The predicted molar refractivity (Wildman–Crippen MR) is 49.7 cm³/mol. The molecule has 0 spiro atoms. The van der Waals surface area contributed by atoms with Crippen molar-refractivity contribution in [2.45, 2.75) is 51.0 Å². The van der Waals surface area contributed by atoms with Gasteiger partial charge in [0.25, 0.3) is 0 Å². The average molecular weight is 186 g/mol. The Hall–Kier alpha value is -0.570. The molecule has 0 aromatic rings. The normalized spacial score (nSPS) is 25.9. The lowest BCUT2D eigenvalue weighted by Gasteiger charge is -2.05. The van der Waals surface area contributed by atoms with Crippen LogP contribution >= 0.6 is 0 Å². The first-order valence-electron chi connectivity index (χ1n) is 5.08. The van der Waals surface area contributed by atoms with E-state index in [1.807, 2.05) is 0 Å². The molecule has 0 saturated carbocycles. The molecule has 0 aromatic heterocycles. The third kappa shape index (κ3) is 2.99. The van der Waals surface area contributed by atoms with Gasteiger partial charge in [0.05, 0.1) is 6.61 Å². The fourth-order valence-electron chi connectivity index (χ4n) is 1.48. The van der Waals surface area contributed by atoms with Crippen molar-refractivity contribution in [2.75, 3.05) is 6.61 Å². The molecular formula is C10H18O3. The first kappa shape index (κ1) is 10.5. The second-order valence-corrected chi connectivity index (χ2v) is 3.75. The molecule has 3 heteroatoms. The molecule has 1 aliphatic heterocycles. The monoisotopic (exact) mass is 186 g/mol. The van der Waals surface area contributed by atoms with Crippen molar-refractivity contribution in [3.63, 3.8) is 0 Å². The summed E-state index contributed by atoms with van der Waals surface area (Å²) < 4.78 is 4.96. The van der Waals surface area contributed by atoms with Crippen LogP contribution in [0.1, 0.15) is 45.4 Å². The summed E-state index contributed by atoms with van der Waals surface area (Å²) in [6.45, 7) is 2.58. The van der Waals surface area contributed by atoms with Crippen LogP contribution < -0.4 is 0 Å². The Bertz CT molecular complexity index is 173. The zero-order valence-electron chi connectivity index (χ0n) is 8.21. The SMILES string of the molecule is CCCCCCCC1(C(=O)O)CO1. The summed E-state index contributed by atoms with van der Waals surface area (Å²) in [5, 5.41) is 8.78. The second kappa shape index (κ2) is 4.61. The quantitative estimate of drug-likeness (QED) is 0.490. The summed E-state index contributed by atoms with van der Waals surface area (Å²) in [5.41, 5.74) is -0.786. The molecule has 0 radical (unpaired) electrons. The van der Waals surface area contributed by atoms with Gasteiger partial charge in [-0.1, -0.05) is 32.6 Å². The number of hydrogen-bond donors (Lipinski definition) is 1. The molecule has 1 atom stereocenters. The highest BCUT2D eigenvalue weighted by molar-refractivity contribution is 5.80. The molecule has 3 nitrogen and oxygen atoms in total. The molecule has 1 fully saturated rings. The lowest BCUT2D eigenvalue weighted by Crippen LogP contribution is -2.23. The van der Waals surface area contributed by atoms with Crippen molar-refractivity contribution in [2.24, 2.45) is 0 Å². The predicted octanol–water partition coefficient (Wildman–Crippen LogP) is 2.20. The maximum atomic E-state index is 10.7. The van der Waals surface area contributed by atoms with E-state index in [4.69, 9.17) is 9.84 Å². The molecule has 76 valence electrons. The van der Waals surface area contributed by atoms with E-state index >= 15 is 0 Å². The molecule has 1 saturated heterocycles. The number of unbranched alkanes of at least 4 members (excludes halogenated alkanes) is 4. The lowest BCUT2D eigenvalue weighted by atomic mass is 10.0. The Morgan fingerprint density at radius 3 is 2.46 bits per heavy atom. The van der Waals surface area contributed by atoms with E-state index in [1.54, 1.807) is 0 Å². The molecular weight excluding hydrogens is 168 g/mol. The maximum Gasteiger partial charge on any atom is 0.338 e. The van der Waals surface area contributed by atoms with Crippen molar-refractivity contribution in [1.29, 1.82) is 0 Å². The Balaban J connectivity index is 2.03. The summed E-state index contributed by atoms with van der Waals surface area (Å²) >= 11 is 0. The fraction of sp³-hybridized carbons (Fsp3) is 0.900. The first-order chi connectivity index (χ1) is 6.21. The first-order valence-corrected chi connectivity index (χ1v) is 5.08. The summed E-state index contributed by atoms with van der Waals surface area (Å²) in [5.74, 6) is -0.789.